The Kier molecular flexibility index (Phi) is 5.58. The Morgan fingerprint density at radius 3 is 2.83 bits per heavy atom. The summed E-state index contributed by atoms with van der Waals surface area (Å²) in [7, 11) is 6.10. The number of thiophene rings is 1. The van der Waals surface area contributed by atoms with E-state index in [1.807, 2.05) is 37.3 Å². The van der Waals surface area contributed by atoms with E-state index in [4.69, 9.17) is 11.6 Å². The number of hydrogen-bond donors (Lipinski definition) is 0. The zero-order valence-corrected chi connectivity index (χ0v) is 16.0. The molecule has 0 saturated carbocycles. The molecule has 0 bridgehead atoms. The third kappa shape index (κ3) is 4.18. The van der Waals surface area contributed by atoms with E-state index in [1.54, 1.807) is 11.3 Å². The van der Waals surface area contributed by atoms with Crippen molar-refractivity contribution in [2.75, 3.05) is 44.0 Å². The second kappa shape index (κ2) is 7.68. The summed E-state index contributed by atoms with van der Waals surface area (Å²) < 4.78 is 0.865. The molecule has 1 aliphatic heterocycles. The summed E-state index contributed by atoms with van der Waals surface area (Å²) in [6.45, 7) is 3.14. The number of nitrogens with zero attached hydrogens (tertiary/aromatic N) is 5. The average molecular weight is 366 g/mol. The Bertz CT molecular complexity index is 675. The second-order valence-corrected chi connectivity index (χ2v) is 8.26. The first-order valence-electron chi connectivity index (χ1n) is 8.22. The van der Waals surface area contributed by atoms with Crippen LogP contribution in [0.25, 0.3) is 0 Å². The summed E-state index contributed by atoms with van der Waals surface area (Å²) in [4.78, 5) is 17.2. The van der Waals surface area contributed by atoms with Gasteiger partial charge in [0.1, 0.15) is 5.82 Å². The third-order valence-electron chi connectivity index (χ3n) is 4.44. The predicted molar refractivity (Wildman–Crippen MR) is 102 cm³/mol. The van der Waals surface area contributed by atoms with Crippen molar-refractivity contribution < 1.29 is 0 Å². The van der Waals surface area contributed by atoms with Gasteiger partial charge in [-0.15, -0.1) is 11.3 Å². The molecule has 1 saturated heterocycles. The number of hydrogen-bond acceptors (Lipinski definition) is 6. The monoisotopic (exact) mass is 365 g/mol. The lowest BCUT2D eigenvalue weighted by Gasteiger charge is -2.37. The standard InChI is InChI=1S/C17H24ClN5S/c1-21(2)16-8-9-19-17(20-16)22(3)13-5-4-10-23(11-13)12-14-6-7-15(18)24-14/h6-9,13H,4-5,10-12H2,1-3H3. The van der Waals surface area contributed by atoms with Crippen molar-refractivity contribution >= 4 is 34.7 Å². The third-order valence-corrected chi connectivity index (χ3v) is 5.65. The highest BCUT2D eigenvalue weighted by molar-refractivity contribution is 7.16. The quantitative estimate of drug-likeness (QED) is 0.811. The fraction of sp³-hybridized carbons (Fsp3) is 0.529. The zero-order valence-electron chi connectivity index (χ0n) is 14.4. The molecule has 1 aliphatic rings. The number of aromatic nitrogens is 2. The molecule has 0 spiro atoms. The van der Waals surface area contributed by atoms with Crippen LogP contribution in [-0.2, 0) is 6.54 Å². The number of halogens is 1. The summed E-state index contributed by atoms with van der Waals surface area (Å²) in [5.74, 6) is 1.74. The lowest BCUT2D eigenvalue weighted by atomic mass is 10.0. The minimum atomic E-state index is 0.437. The first kappa shape index (κ1) is 17.5. The van der Waals surface area contributed by atoms with Crippen LogP contribution in [0.2, 0.25) is 4.34 Å². The molecule has 5 nitrogen and oxygen atoms in total. The van der Waals surface area contributed by atoms with Crippen molar-refractivity contribution in [1.29, 1.82) is 0 Å². The highest BCUT2D eigenvalue weighted by atomic mass is 35.5. The molecule has 7 heteroatoms. The van der Waals surface area contributed by atoms with E-state index < -0.39 is 0 Å². The second-order valence-electron chi connectivity index (χ2n) is 6.46. The highest BCUT2D eigenvalue weighted by Gasteiger charge is 2.25. The van der Waals surface area contributed by atoms with E-state index in [9.17, 15) is 0 Å². The van der Waals surface area contributed by atoms with Gasteiger partial charge in [0.25, 0.3) is 0 Å². The van der Waals surface area contributed by atoms with Gasteiger partial charge in [-0.1, -0.05) is 11.6 Å². The van der Waals surface area contributed by atoms with Gasteiger partial charge >= 0.3 is 0 Å². The molecular formula is C17H24ClN5S. The first-order valence-corrected chi connectivity index (χ1v) is 9.42. The first-order chi connectivity index (χ1) is 11.5. The zero-order chi connectivity index (χ0) is 17.1. The van der Waals surface area contributed by atoms with Crippen LogP contribution in [0.5, 0.6) is 0 Å². The molecule has 1 fully saturated rings. The number of rotatable bonds is 5. The summed E-state index contributed by atoms with van der Waals surface area (Å²) in [5.41, 5.74) is 0. The van der Waals surface area contributed by atoms with Gasteiger partial charge in [0, 0.05) is 51.3 Å². The Hall–Kier alpha value is -1.37. The maximum atomic E-state index is 6.05. The molecule has 3 rings (SSSR count). The molecule has 0 aliphatic carbocycles. The van der Waals surface area contributed by atoms with Gasteiger partial charge in [-0.25, -0.2) is 4.98 Å². The van der Waals surface area contributed by atoms with E-state index >= 15 is 0 Å². The highest BCUT2D eigenvalue weighted by Crippen LogP contribution is 2.25. The lowest BCUT2D eigenvalue weighted by Crippen LogP contribution is -2.46. The van der Waals surface area contributed by atoms with E-state index in [0.29, 0.717) is 6.04 Å². The van der Waals surface area contributed by atoms with Crippen molar-refractivity contribution in [3.63, 3.8) is 0 Å². The molecule has 3 heterocycles. The Labute approximate surface area is 152 Å². The fourth-order valence-corrected chi connectivity index (χ4v) is 4.20. The van der Waals surface area contributed by atoms with Crippen molar-refractivity contribution in [3.8, 4) is 0 Å². The number of likely N-dealkylation sites (N-methyl/N-ethyl adjacent to an activating group) is 1. The van der Waals surface area contributed by atoms with Crippen molar-refractivity contribution in [1.82, 2.24) is 14.9 Å². The molecule has 24 heavy (non-hydrogen) atoms. The van der Waals surface area contributed by atoms with E-state index in [-0.39, 0.29) is 0 Å². The maximum absolute atomic E-state index is 6.05. The molecule has 0 N–H and O–H groups in total. The van der Waals surface area contributed by atoms with Crippen LogP contribution in [0, 0.1) is 0 Å². The van der Waals surface area contributed by atoms with Gasteiger partial charge in [-0.3, -0.25) is 4.90 Å². The Balaban J connectivity index is 1.66. The molecule has 0 radical (unpaired) electrons. The molecule has 2 aromatic heterocycles. The van der Waals surface area contributed by atoms with Crippen molar-refractivity contribution in [2.45, 2.75) is 25.4 Å². The van der Waals surface area contributed by atoms with E-state index in [1.165, 1.54) is 17.7 Å². The molecule has 130 valence electrons. The SMILES string of the molecule is CN(C)c1ccnc(N(C)C2CCCN(Cc3ccc(Cl)s3)C2)n1. The van der Waals surface area contributed by atoms with Gasteiger partial charge in [0.2, 0.25) is 5.95 Å². The number of likely N-dealkylation sites (tertiary alicyclic amines) is 1. The summed E-state index contributed by atoms with van der Waals surface area (Å²) in [6, 6.07) is 6.48. The summed E-state index contributed by atoms with van der Waals surface area (Å²) >= 11 is 7.72. The van der Waals surface area contributed by atoms with Crippen LogP contribution >= 0.6 is 22.9 Å². The van der Waals surface area contributed by atoms with Crippen LogP contribution in [0.3, 0.4) is 0 Å². The molecule has 0 aromatic carbocycles. The van der Waals surface area contributed by atoms with Crippen LogP contribution in [0.15, 0.2) is 24.4 Å². The number of anilines is 2. The van der Waals surface area contributed by atoms with Crippen molar-refractivity contribution in [2.24, 2.45) is 0 Å². The molecule has 0 amide bonds. The van der Waals surface area contributed by atoms with Gasteiger partial charge in [0.15, 0.2) is 0 Å². The number of piperidine rings is 1. The molecule has 1 atom stereocenters. The average Bonchev–Trinajstić information content (AvgIpc) is 2.99. The van der Waals surface area contributed by atoms with Crippen LogP contribution < -0.4 is 9.80 Å². The van der Waals surface area contributed by atoms with Gasteiger partial charge in [-0.2, -0.15) is 4.98 Å². The van der Waals surface area contributed by atoms with Gasteiger partial charge < -0.3 is 9.80 Å². The summed E-state index contributed by atoms with van der Waals surface area (Å²) in [6.07, 6.45) is 4.21. The maximum Gasteiger partial charge on any atom is 0.227 e. The smallest absolute Gasteiger partial charge is 0.227 e. The lowest BCUT2D eigenvalue weighted by molar-refractivity contribution is 0.199. The van der Waals surface area contributed by atoms with Crippen LogP contribution in [-0.4, -0.2) is 55.1 Å². The van der Waals surface area contributed by atoms with E-state index in [2.05, 4.69) is 32.9 Å². The van der Waals surface area contributed by atoms with Crippen molar-refractivity contribution in [3.05, 3.63) is 33.6 Å². The minimum Gasteiger partial charge on any atom is -0.363 e. The fourth-order valence-electron chi connectivity index (χ4n) is 3.07. The molecule has 2 aromatic rings. The predicted octanol–water partition coefficient (Wildman–Crippen LogP) is 3.36. The largest absolute Gasteiger partial charge is 0.363 e. The Morgan fingerprint density at radius 1 is 1.29 bits per heavy atom. The Morgan fingerprint density at radius 2 is 2.12 bits per heavy atom. The van der Waals surface area contributed by atoms with Crippen LogP contribution in [0.1, 0.15) is 17.7 Å². The van der Waals surface area contributed by atoms with Gasteiger partial charge in [-0.05, 0) is 37.6 Å². The van der Waals surface area contributed by atoms with Gasteiger partial charge in [0.05, 0.1) is 4.34 Å². The minimum absolute atomic E-state index is 0.437. The summed E-state index contributed by atoms with van der Waals surface area (Å²) in [5, 5.41) is 0. The molecule has 1 unspecified atom stereocenters. The topological polar surface area (TPSA) is 35.5 Å². The molecular weight excluding hydrogens is 342 g/mol. The van der Waals surface area contributed by atoms with E-state index in [0.717, 1.165) is 35.7 Å². The normalized spacial score (nSPS) is 18.6. The van der Waals surface area contributed by atoms with Crippen LogP contribution in [0.4, 0.5) is 11.8 Å².